The average molecular weight is 169 g/mol. The molecule has 0 amide bonds. The summed E-state index contributed by atoms with van der Waals surface area (Å²) in [5.41, 5.74) is 4.51. The second-order valence-corrected chi connectivity index (χ2v) is 2.32. The van der Waals surface area contributed by atoms with Crippen LogP contribution in [-0.4, -0.2) is 9.49 Å². The fourth-order valence-electron chi connectivity index (χ4n) is 0.783. The van der Waals surface area contributed by atoms with Gasteiger partial charge in [0.1, 0.15) is 5.69 Å². The van der Waals surface area contributed by atoms with E-state index in [1.807, 2.05) is 0 Å². The number of nitrogens with two attached hydrogens (primary N) is 1. The van der Waals surface area contributed by atoms with Crippen LogP contribution >= 0.6 is 0 Å². The molecule has 1 aromatic rings. The van der Waals surface area contributed by atoms with E-state index in [2.05, 4.69) is 0 Å². The van der Waals surface area contributed by atoms with E-state index in [1.165, 1.54) is 7.05 Å². The Labute approximate surface area is 67.4 Å². The van der Waals surface area contributed by atoms with Crippen LogP contribution < -0.4 is 11.3 Å². The third-order valence-corrected chi connectivity index (χ3v) is 1.44. The molecule has 1 heterocycles. The van der Waals surface area contributed by atoms with Crippen LogP contribution in [0.3, 0.4) is 0 Å². The molecular weight excluding hydrogens is 162 g/mol. The molecular formula is C6H7N3O3. The Morgan fingerprint density at radius 2 is 2.25 bits per heavy atom. The second-order valence-electron chi connectivity index (χ2n) is 2.32. The molecule has 6 nitrogen and oxygen atoms in total. The Morgan fingerprint density at radius 1 is 1.67 bits per heavy atom. The molecule has 0 aliphatic rings. The van der Waals surface area contributed by atoms with Gasteiger partial charge >= 0.3 is 5.69 Å². The Balaban J connectivity index is 3.43. The van der Waals surface area contributed by atoms with Crippen molar-refractivity contribution in [1.29, 1.82) is 0 Å². The highest BCUT2D eigenvalue weighted by molar-refractivity contribution is 5.55. The molecule has 0 aliphatic heterocycles. The molecule has 2 N–H and O–H groups in total. The van der Waals surface area contributed by atoms with Gasteiger partial charge in [-0.3, -0.25) is 14.9 Å². The van der Waals surface area contributed by atoms with Gasteiger partial charge in [0.25, 0.3) is 5.56 Å². The molecule has 0 atom stereocenters. The van der Waals surface area contributed by atoms with Gasteiger partial charge < -0.3 is 10.3 Å². The number of nitro groups is 1. The average Bonchev–Trinajstić information content (AvgIpc) is 1.96. The van der Waals surface area contributed by atoms with Gasteiger partial charge in [-0.25, -0.2) is 0 Å². The van der Waals surface area contributed by atoms with Crippen LogP contribution in [0.4, 0.5) is 11.4 Å². The predicted octanol–water partition coefficient (Wildman–Crippen LogP) is -0.124. The summed E-state index contributed by atoms with van der Waals surface area (Å²) in [6.45, 7) is 0. The van der Waals surface area contributed by atoms with Crippen molar-refractivity contribution < 1.29 is 4.92 Å². The summed E-state index contributed by atoms with van der Waals surface area (Å²) in [5, 5.41) is 10.3. The monoisotopic (exact) mass is 169 g/mol. The number of nitrogen functional groups attached to an aromatic ring is 1. The summed E-state index contributed by atoms with van der Waals surface area (Å²) < 4.78 is 1.11. The number of hydrogen-bond acceptors (Lipinski definition) is 4. The summed E-state index contributed by atoms with van der Waals surface area (Å²) >= 11 is 0. The SMILES string of the molecule is Cn1cc([N+](=O)[O-])c(N)cc1=O. The van der Waals surface area contributed by atoms with E-state index in [0.717, 1.165) is 16.8 Å². The number of rotatable bonds is 1. The van der Waals surface area contributed by atoms with E-state index >= 15 is 0 Å². The van der Waals surface area contributed by atoms with Crippen molar-refractivity contribution in [3.63, 3.8) is 0 Å². The highest BCUT2D eigenvalue weighted by Crippen LogP contribution is 2.16. The van der Waals surface area contributed by atoms with Crippen LogP contribution in [-0.2, 0) is 7.05 Å². The van der Waals surface area contributed by atoms with Crippen molar-refractivity contribution in [2.24, 2.45) is 7.05 Å². The molecule has 6 heteroatoms. The molecule has 64 valence electrons. The van der Waals surface area contributed by atoms with E-state index in [-0.39, 0.29) is 16.9 Å². The van der Waals surface area contributed by atoms with Crippen LogP contribution in [0.25, 0.3) is 0 Å². The van der Waals surface area contributed by atoms with Crippen molar-refractivity contribution in [3.05, 3.63) is 32.7 Å². The van der Waals surface area contributed by atoms with Gasteiger partial charge in [0.2, 0.25) is 0 Å². The Hall–Kier alpha value is -1.85. The van der Waals surface area contributed by atoms with E-state index in [0.29, 0.717) is 0 Å². The lowest BCUT2D eigenvalue weighted by Gasteiger charge is -1.98. The predicted molar refractivity (Wildman–Crippen MR) is 42.7 cm³/mol. The number of aryl methyl sites for hydroxylation is 1. The highest BCUT2D eigenvalue weighted by atomic mass is 16.6. The molecule has 12 heavy (non-hydrogen) atoms. The first-order valence-corrected chi connectivity index (χ1v) is 3.13. The molecule has 0 saturated heterocycles. The zero-order chi connectivity index (χ0) is 9.30. The van der Waals surface area contributed by atoms with Crippen LogP contribution in [0.2, 0.25) is 0 Å². The molecule has 1 aromatic heterocycles. The van der Waals surface area contributed by atoms with E-state index < -0.39 is 4.92 Å². The summed E-state index contributed by atoms with van der Waals surface area (Å²) in [7, 11) is 1.43. The minimum Gasteiger partial charge on any atom is -0.393 e. The zero-order valence-corrected chi connectivity index (χ0v) is 6.35. The summed E-state index contributed by atoms with van der Waals surface area (Å²) in [5.74, 6) is 0. The molecule has 0 fully saturated rings. The number of nitrogens with zero attached hydrogens (tertiary/aromatic N) is 2. The van der Waals surface area contributed by atoms with Crippen molar-refractivity contribution in [2.75, 3.05) is 5.73 Å². The highest BCUT2D eigenvalue weighted by Gasteiger charge is 2.11. The van der Waals surface area contributed by atoms with Gasteiger partial charge in [-0.1, -0.05) is 0 Å². The van der Waals surface area contributed by atoms with Crippen LogP contribution in [0, 0.1) is 10.1 Å². The summed E-state index contributed by atoms with van der Waals surface area (Å²) in [4.78, 5) is 20.5. The molecule has 0 spiro atoms. The summed E-state index contributed by atoms with van der Waals surface area (Å²) in [6, 6.07) is 1.03. The second kappa shape index (κ2) is 2.65. The lowest BCUT2D eigenvalue weighted by Crippen LogP contribution is -2.16. The lowest BCUT2D eigenvalue weighted by atomic mass is 10.3. The Kier molecular flexibility index (Phi) is 1.82. The molecule has 0 saturated carbocycles. The summed E-state index contributed by atoms with van der Waals surface area (Å²) in [6.07, 6.45) is 1.09. The first-order chi connectivity index (χ1) is 5.52. The minimum absolute atomic E-state index is 0.108. The zero-order valence-electron chi connectivity index (χ0n) is 6.35. The molecule has 0 radical (unpaired) electrons. The maximum Gasteiger partial charge on any atom is 0.308 e. The normalized spacial score (nSPS) is 9.75. The maximum absolute atomic E-state index is 10.9. The van der Waals surface area contributed by atoms with E-state index in [9.17, 15) is 14.9 Å². The topological polar surface area (TPSA) is 91.2 Å². The molecule has 0 unspecified atom stereocenters. The van der Waals surface area contributed by atoms with Gasteiger partial charge in [0.05, 0.1) is 11.1 Å². The maximum atomic E-state index is 10.9. The van der Waals surface area contributed by atoms with Crippen molar-refractivity contribution in [2.45, 2.75) is 0 Å². The van der Waals surface area contributed by atoms with Gasteiger partial charge in [0.15, 0.2) is 0 Å². The van der Waals surface area contributed by atoms with Gasteiger partial charge in [-0.15, -0.1) is 0 Å². The smallest absolute Gasteiger partial charge is 0.308 e. The third kappa shape index (κ3) is 1.26. The molecule has 0 bridgehead atoms. The van der Waals surface area contributed by atoms with Crippen molar-refractivity contribution in [3.8, 4) is 0 Å². The molecule has 0 aromatic carbocycles. The van der Waals surface area contributed by atoms with Crippen LogP contribution in [0.5, 0.6) is 0 Å². The van der Waals surface area contributed by atoms with Gasteiger partial charge in [0, 0.05) is 13.1 Å². The fourth-order valence-corrected chi connectivity index (χ4v) is 0.783. The number of pyridine rings is 1. The first kappa shape index (κ1) is 8.25. The fraction of sp³-hybridized carbons (Fsp3) is 0.167. The Morgan fingerprint density at radius 3 is 2.75 bits per heavy atom. The van der Waals surface area contributed by atoms with Crippen molar-refractivity contribution >= 4 is 11.4 Å². The van der Waals surface area contributed by atoms with Gasteiger partial charge in [-0.05, 0) is 0 Å². The lowest BCUT2D eigenvalue weighted by molar-refractivity contribution is -0.384. The third-order valence-electron chi connectivity index (χ3n) is 1.44. The number of aromatic nitrogens is 1. The van der Waals surface area contributed by atoms with Crippen LogP contribution in [0.1, 0.15) is 0 Å². The number of hydrogen-bond donors (Lipinski definition) is 1. The largest absolute Gasteiger partial charge is 0.393 e. The van der Waals surface area contributed by atoms with E-state index in [4.69, 9.17) is 5.73 Å². The van der Waals surface area contributed by atoms with Crippen LogP contribution in [0.15, 0.2) is 17.1 Å². The quantitative estimate of drug-likeness (QED) is 0.468. The van der Waals surface area contributed by atoms with E-state index in [1.54, 1.807) is 0 Å². The Bertz CT molecular complexity index is 382. The minimum atomic E-state index is -0.630. The standard InChI is InChI=1S/C6H7N3O3/c1-8-3-5(9(11)12)4(7)2-6(8)10/h2-3H,7H2,1H3. The first-order valence-electron chi connectivity index (χ1n) is 3.13. The van der Waals surface area contributed by atoms with Crippen molar-refractivity contribution in [1.82, 2.24) is 4.57 Å². The van der Waals surface area contributed by atoms with Gasteiger partial charge in [-0.2, -0.15) is 0 Å². The number of anilines is 1. The molecule has 0 aliphatic carbocycles. The molecule has 1 rings (SSSR count).